The number of fused-ring (bicyclic) bond motifs is 1. The SMILES string of the molecule is COc1ccc(OC)c([C@@H](C)NC(=O)Cn2c(=O)oc3cc(Cl)ccc32)c1. The number of oxazole rings is 1. The third-order valence-electron chi connectivity index (χ3n) is 4.21. The number of hydrogen-bond acceptors (Lipinski definition) is 5. The van der Waals surface area contributed by atoms with E-state index in [2.05, 4.69) is 5.32 Å². The second-order valence-electron chi connectivity index (χ2n) is 5.96. The van der Waals surface area contributed by atoms with Crippen LogP contribution in [0.5, 0.6) is 11.5 Å². The maximum atomic E-state index is 12.5. The normalized spacial score (nSPS) is 12.0. The topological polar surface area (TPSA) is 82.7 Å². The number of carbonyl (C=O) groups is 1. The Kier molecular flexibility index (Phi) is 5.41. The average molecular weight is 391 g/mol. The van der Waals surface area contributed by atoms with E-state index in [1.54, 1.807) is 44.6 Å². The van der Waals surface area contributed by atoms with E-state index in [0.29, 0.717) is 27.6 Å². The Hall–Kier alpha value is -2.93. The van der Waals surface area contributed by atoms with E-state index in [1.165, 1.54) is 10.6 Å². The summed E-state index contributed by atoms with van der Waals surface area (Å²) in [4.78, 5) is 24.6. The molecular formula is C19H19ClN2O5. The van der Waals surface area contributed by atoms with E-state index >= 15 is 0 Å². The molecule has 8 heteroatoms. The van der Waals surface area contributed by atoms with Gasteiger partial charge < -0.3 is 19.2 Å². The molecule has 0 saturated carbocycles. The van der Waals surface area contributed by atoms with Gasteiger partial charge in [0.05, 0.1) is 25.8 Å². The van der Waals surface area contributed by atoms with E-state index in [4.69, 9.17) is 25.5 Å². The summed E-state index contributed by atoms with van der Waals surface area (Å²) in [5, 5.41) is 3.31. The number of carbonyl (C=O) groups excluding carboxylic acids is 1. The number of hydrogen-bond donors (Lipinski definition) is 1. The number of rotatable bonds is 6. The first-order chi connectivity index (χ1) is 12.9. The number of methoxy groups -OCH3 is 2. The molecule has 7 nitrogen and oxygen atoms in total. The third-order valence-corrected chi connectivity index (χ3v) is 4.45. The quantitative estimate of drug-likeness (QED) is 0.699. The van der Waals surface area contributed by atoms with Gasteiger partial charge in [0.25, 0.3) is 0 Å². The summed E-state index contributed by atoms with van der Waals surface area (Å²) in [5.41, 5.74) is 1.61. The molecule has 0 bridgehead atoms. The highest BCUT2D eigenvalue weighted by Gasteiger charge is 2.18. The van der Waals surface area contributed by atoms with Crippen molar-refractivity contribution in [3.63, 3.8) is 0 Å². The number of halogens is 1. The molecule has 1 heterocycles. The molecule has 0 aliphatic carbocycles. The monoisotopic (exact) mass is 390 g/mol. The Morgan fingerprint density at radius 1 is 1.22 bits per heavy atom. The molecule has 0 saturated heterocycles. The molecule has 1 amide bonds. The first kappa shape index (κ1) is 18.8. The Morgan fingerprint density at radius 2 is 2.00 bits per heavy atom. The van der Waals surface area contributed by atoms with Gasteiger partial charge in [-0.1, -0.05) is 11.6 Å². The van der Waals surface area contributed by atoms with Crippen molar-refractivity contribution in [2.45, 2.75) is 19.5 Å². The summed E-state index contributed by atoms with van der Waals surface area (Å²) in [5.74, 6) is 0.325. The van der Waals surface area contributed by atoms with Gasteiger partial charge in [0.15, 0.2) is 5.58 Å². The van der Waals surface area contributed by atoms with Crippen molar-refractivity contribution in [3.8, 4) is 11.5 Å². The molecular weight excluding hydrogens is 372 g/mol. The van der Waals surface area contributed by atoms with E-state index in [9.17, 15) is 9.59 Å². The lowest BCUT2D eigenvalue weighted by Crippen LogP contribution is -2.32. The van der Waals surface area contributed by atoms with Crippen LogP contribution in [-0.4, -0.2) is 24.7 Å². The van der Waals surface area contributed by atoms with Crippen LogP contribution < -0.4 is 20.5 Å². The minimum absolute atomic E-state index is 0.176. The number of amides is 1. The molecule has 0 spiro atoms. The molecule has 142 valence electrons. The average Bonchev–Trinajstić information content (AvgIpc) is 2.95. The lowest BCUT2D eigenvalue weighted by Gasteiger charge is -2.18. The van der Waals surface area contributed by atoms with Gasteiger partial charge in [0.2, 0.25) is 5.91 Å². The molecule has 3 rings (SSSR count). The van der Waals surface area contributed by atoms with Gasteiger partial charge in [-0.2, -0.15) is 0 Å². The van der Waals surface area contributed by atoms with Crippen molar-refractivity contribution in [1.82, 2.24) is 9.88 Å². The molecule has 1 aromatic heterocycles. The van der Waals surface area contributed by atoms with Crippen molar-refractivity contribution in [2.75, 3.05) is 14.2 Å². The molecule has 3 aromatic rings. The molecule has 27 heavy (non-hydrogen) atoms. The van der Waals surface area contributed by atoms with Crippen LogP contribution in [0.4, 0.5) is 0 Å². The molecule has 0 radical (unpaired) electrons. The lowest BCUT2D eigenvalue weighted by atomic mass is 10.1. The van der Waals surface area contributed by atoms with Crippen LogP contribution in [0.3, 0.4) is 0 Å². The zero-order valence-corrected chi connectivity index (χ0v) is 15.9. The van der Waals surface area contributed by atoms with Gasteiger partial charge in [-0.15, -0.1) is 0 Å². The van der Waals surface area contributed by atoms with Crippen molar-refractivity contribution >= 4 is 28.6 Å². The summed E-state index contributed by atoms with van der Waals surface area (Å²) in [6.07, 6.45) is 0. The van der Waals surface area contributed by atoms with E-state index < -0.39 is 5.76 Å². The Morgan fingerprint density at radius 3 is 2.70 bits per heavy atom. The van der Waals surface area contributed by atoms with Crippen LogP contribution in [0.15, 0.2) is 45.6 Å². The number of aromatic nitrogens is 1. The maximum absolute atomic E-state index is 12.5. The minimum Gasteiger partial charge on any atom is -0.497 e. The van der Waals surface area contributed by atoms with Crippen LogP contribution in [-0.2, 0) is 11.3 Å². The van der Waals surface area contributed by atoms with Crippen LogP contribution in [0.1, 0.15) is 18.5 Å². The predicted octanol–water partition coefficient (Wildman–Crippen LogP) is 3.14. The van der Waals surface area contributed by atoms with Gasteiger partial charge >= 0.3 is 5.76 Å². The van der Waals surface area contributed by atoms with Crippen LogP contribution in [0.25, 0.3) is 11.1 Å². The standard InChI is InChI=1S/C19H19ClN2O5/c1-11(14-9-13(25-2)5-7-16(14)26-3)21-18(23)10-22-15-6-4-12(20)8-17(15)27-19(22)24/h4-9,11H,10H2,1-3H3,(H,21,23)/t11-/m1/s1. The predicted molar refractivity (Wildman–Crippen MR) is 102 cm³/mol. The van der Waals surface area contributed by atoms with Crippen molar-refractivity contribution in [2.24, 2.45) is 0 Å². The fourth-order valence-corrected chi connectivity index (χ4v) is 3.04. The van der Waals surface area contributed by atoms with Crippen LogP contribution >= 0.6 is 11.6 Å². The van der Waals surface area contributed by atoms with Gasteiger partial charge in [-0.25, -0.2) is 4.79 Å². The smallest absolute Gasteiger partial charge is 0.420 e. The van der Waals surface area contributed by atoms with Crippen molar-refractivity contribution in [1.29, 1.82) is 0 Å². The fourth-order valence-electron chi connectivity index (χ4n) is 2.88. The number of benzene rings is 2. The second-order valence-corrected chi connectivity index (χ2v) is 6.40. The molecule has 2 aromatic carbocycles. The summed E-state index contributed by atoms with van der Waals surface area (Å²) in [6, 6.07) is 9.81. The molecule has 0 fully saturated rings. The van der Waals surface area contributed by atoms with E-state index in [0.717, 1.165) is 5.56 Å². The summed E-state index contributed by atoms with van der Waals surface area (Å²) in [7, 11) is 3.12. The van der Waals surface area contributed by atoms with Crippen LogP contribution in [0.2, 0.25) is 5.02 Å². The van der Waals surface area contributed by atoms with E-state index in [-0.39, 0.29) is 18.5 Å². The maximum Gasteiger partial charge on any atom is 0.420 e. The summed E-state index contributed by atoms with van der Waals surface area (Å²) in [6.45, 7) is 1.65. The van der Waals surface area contributed by atoms with E-state index in [1.807, 2.05) is 6.92 Å². The molecule has 0 aliphatic rings. The van der Waals surface area contributed by atoms with Gasteiger partial charge in [0.1, 0.15) is 18.0 Å². The Labute approximate surface area is 160 Å². The summed E-state index contributed by atoms with van der Waals surface area (Å²) < 4.78 is 17.0. The highest BCUT2D eigenvalue weighted by molar-refractivity contribution is 6.31. The minimum atomic E-state index is -0.617. The fraction of sp³-hybridized carbons (Fsp3) is 0.263. The zero-order valence-electron chi connectivity index (χ0n) is 15.1. The number of ether oxygens (including phenoxy) is 2. The lowest BCUT2D eigenvalue weighted by molar-refractivity contribution is -0.122. The second kappa shape index (κ2) is 7.75. The van der Waals surface area contributed by atoms with Gasteiger partial charge in [0, 0.05) is 16.7 Å². The summed E-state index contributed by atoms with van der Waals surface area (Å²) >= 11 is 5.90. The van der Waals surface area contributed by atoms with Crippen LogP contribution in [0, 0.1) is 0 Å². The van der Waals surface area contributed by atoms with Crippen molar-refractivity contribution in [3.05, 3.63) is 57.5 Å². The molecule has 0 aliphatic heterocycles. The first-order valence-electron chi connectivity index (χ1n) is 8.23. The first-order valence-corrected chi connectivity index (χ1v) is 8.61. The molecule has 0 unspecified atom stereocenters. The number of nitrogens with zero attached hydrogens (tertiary/aromatic N) is 1. The highest BCUT2D eigenvalue weighted by atomic mass is 35.5. The van der Waals surface area contributed by atoms with Gasteiger partial charge in [-0.05, 0) is 37.3 Å². The largest absolute Gasteiger partial charge is 0.497 e. The highest BCUT2D eigenvalue weighted by Crippen LogP contribution is 2.29. The molecule has 1 atom stereocenters. The third kappa shape index (κ3) is 3.93. The zero-order chi connectivity index (χ0) is 19.6. The van der Waals surface area contributed by atoms with Crippen molar-refractivity contribution < 1.29 is 18.7 Å². The Bertz CT molecular complexity index is 1040. The molecule has 1 N–H and O–H groups in total. The Balaban J connectivity index is 1.80. The number of nitrogens with one attached hydrogen (secondary N) is 1. The van der Waals surface area contributed by atoms with Gasteiger partial charge in [-0.3, -0.25) is 9.36 Å².